The van der Waals surface area contributed by atoms with Gasteiger partial charge in [-0.1, -0.05) is 24.3 Å². The number of alkyl halides is 1. The quantitative estimate of drug-likeness (QED) is 0.455. The molecule has 1 heterocycles. The second-order valence-corrected chi connectivity index (χ2v) is 4.34. The van der Waals surface area contributed by atoms with Crippen LogP contribution in [0.1, 0.15) is 27.6 Å². The Morgan fingerprint density at radius 3 is 2.35 bits per heavy atom. The van der Waals surface area contributed by atoms with E-state index in [0.717, 1.165) is 4.90 Å². The second-order valence-electron chi connectivity index (χ2n) is 4.34. The number of imide groups is 1. The van der Waals surface area contributed by atoms with Crippen molar-refractivity contribution in [3.05, 3.63) is 47.5 Å². The zero-order chi connectivity index (χ0) is 14.5. The molecule has 1 aliphatic heterocycles. The summed E-state index contributed by atoms with van der Waals surface area (Å²) in [6, 6.07) is 5.64. The zero-order valence-corrected chi connectivity index (χ0v) is 11.2. The van der Waals surface area contributed by atoms with Crippen LogP contribution in [0.3, 0.4) is 0 Å². The smallest absolute Gasteiger partial charge is 0.262 e. The van der Waals surface area contributed by atoms with Gasteiger partial charge < -0.3 is 4.74 Å². The van der Waals surface area contributed by atoms with Gasteiger partial charge >= 0.3 is 0 Å². The minimum atomic E-state index is -0.886. The molecule has 0 fully saturated rings. The Bertz CT molecular complexity index is 507. The number of benzene rings is 1. The van der Waals surface area contributed by atoms with Gasteiger partial charge in [-0.3, -0.25) is 14.5 Å². The van der Waals surface area contributed by atoms with Crippen LogP contribution < -0.4 is 0 Å². The molecule has 0 saturated heterocycles. The lowest BCUT2D eigenvalue weighted by atomic mass is 10.1. The fourth-order valence-corrected chi connectivity index (χ4v) is 2.11. The van der Waals surface area contributed by atoms with Crippen molar-refractivity contribution in [1.29, 1.82) is 0 Å². The highest BCUT2D eigenvalue weighted by Crippen LogP contribution is 2.25. The predicted octanol–water partition coefficient (Wildman–Crippen LogP) is 2.21. The topological polar surface area (TPSA) is 46.6 Å². The van der Waals surface area contributed by atoms with Gasteiger partial charge in [-0.15, -0.1) is 0 Å². The van der Waals surface area contributed by atoms with Gasteiger partial charge in [0.05, 0.1) is 23.8 Å². The molecule has 0 radical (unpaired) electrons. The van der Waals surface area contributed by atoms with E-state index in [1.807, 2.05) is 6.92 Å². The SMILES string of the molecule is CCOCC=CC(CF)N1C(=O)c2ccccc2C1=O. The average molecular weight is 277 g/mol. The van der Waals surface area contributed by atoms with Gasteiger partial charge in [0.15, 0.2) is 0 Å². The van der Waals surface area contributed by atoms with Crippen molar-refractivity contribution in [3.63, 3.8) is 0 Å². The summed E-state index contributed by atoms with van der Waals surface area (Å²) in [7, 11) is 0. The molecule has 4 nitrogen and oxygen atoms in total. The summed E-state index contributed by atoms with van der Waals surface area (Å²) in [5, 5.41) is 0. The van der Waals surface area contributed by atoms with Crippen LogP contribution in [0.2, 0.25) is 0 Å². The van der Waals surface area contributed by atoms with E-state index in [4.69, 9.17) is 4.74 Å². The molecule has 1 atom stereocenters. The van der Waals surface area contributed by atoms with Gasteiger partial charge in [0.2, 0.25) is 0 Å². The maximum absolute atomic E-state index is 13.2. The number of hydrogen-bond acceptors (Lipinski definition) is 3. The third kappa shape index (κ3) is 2.63. The van der Waals surface area contributed by atoms with Gasteiger partial charge in [0.1, 0.15) is 6.67 Å². The molecule has 20 heavy (non-hydrogen) atoms. The number of carbonyl (C=O) groups excluding carboxylic acids is 2. The summed E-state index contributed by atoms with van der Waals surface area (Å²) in [5.74, 6) is -0.899. The Labute approximate surface area is 116 Å². The van der Waals surface area contributed by atoms with E-state index in [2.05, 4.69) is 0 Å². The van der Waals surface area contributed by atoms with Gasteiger partial charge in [-0.25, -0.2) is 4.39 Å². The fourth-order valence-electron chi connectivity index (χ4n) is 2.11. The molecule has 0 spiro atoms. The third-order valence-electron chi connectivity index (χ3n) is 3.09. The first-order valence-corrected chi connectivity index (χ1v) is 6.48. The van der Waals surface area contributed by atoms with Crippen molar-refractivity contribution >= 4 is 11.8 Å². The zero-order valence-electron chi connectivity index (χ0n) is 11.2. The van der Waals surface area contributed by atoms with Crippen LogP contribution in [-0.4, -0.2) is 42.6 Å². The molecule has 2 rings (SSSR count). The largest absolute Gasteiger partial charge is 0.378 e. The van der Waals surface area contributed by atoms with Crippen molar-refractivity contribution in [2.24, 2.45) is 0 Å². The molecule has 1 aromatic carbocycles. The number of fused-ring (bicyclic) bond motifs is 1. The first kappa shape index (κ1) is 14.4. The lowest BCUT2D eigenvalue weighted by molar-refractivity contribution is 0.0595. The summed E-state index contributed by atoms with van der Waals surface area (Å²) in [4.78, 5) is 25.3. The highest BCUT2D eigenvalue weighted by atomic mass is 19.1. The van der Waals surface area contributed by atoms with E-state index in [9.17, 15) is 14.0 Å². The van der Waals surface area contributed by atoms with Gasteiger partial charge in [0, 0.05) is 6.61 Å². The van der Waals surface area contributed by atoms with Crippen molar-refractivity contribution in [2.75, 3.05) is 19.9 Å². The van der Waals surface area contributed by atoms with E-state index in [0.29, 0.717) is 24.3 Å². The minimum absolute atomic E-state index is 0.328. The van der Waals surface area contributed by atoms with E-state index >= 15 is 0 Å². The molecule has 1 aliphatic rings. The summed E-state index contributed by atoms with van der Waals surface area (Å²) < 4.78 is 18.3. The van der Waals surface area contributed by atoms with Crippen LogP contribution in [0.25, 0.3) is 0 Å². The highest BCUT2D eigenvalue weighted by molar-refractivity contribution is 6.21. The number of nitrogens with zero attached hydrogens (tertiary/aromatic N) is 1. The first-order valence-electron chi connectivity index (χ1n) is 6.48. The van der Waals surface area contributed by atoms with E-state index in [1.165, 1.54) is 6.08 Å². The number of rotatable bonds is 6. The Kier molecular flexibility index (Phi) is 4.63. The minimum Gasteiger partial charge on any atom is -0.378 e. The summed E-state index contributed by atoms with van der Waals surface area (Å²) in [6.07, 6.45) is 3.12. The fraction of sp³-hybridized carbons (Fsp3) is 0.333. The average Bonchev–Trinajstić information content (AvgIpc) is 2.73. The van der Waals surface area contributed by atoms with Crippen molar-refractivity contribution in [1.82, 2.24) is 4.90 Å². The molecule has 0 bridgehead atoms. The van der Waals surface area contributed by atoms with Crippen molar-refractivity contribution < 1.29 is 18.7 Å². The van der Waals surface area contributed by atoms with Gasteiger partial charge in [-0.05, 0) is 19.1 Å². The van der Waals surface area contributed by atoms with E-state index in [1.54, 1.807) is 30.3 Å². The van der Waals surface area contributed by atoms with Crippen molar-refractivity contribution in [2.45, 2.75) is 13.0 Å². The van der Waals surface area contributed by atoms with E-state index < -0.39 is 24.5 Å². The molecular formula is C15H16FNO3. The molecule has 1 unspecified atom stereocenters. The van der Waals surface area contributed by atoms with Crippen LogP contribution in [0, 0.1) is 0 Å². The molecule has 0 N–H and O–H groups in total. The molecule has 0 saturated carbocycles. The summed E-state index contributed by atoms with van der Waals surface area (Å²) in [5.41, 5.74) is 0.656. The molecule has 2 amide bonds. The number of carbonyl (C=O) groups is 2. The molecule has 0 aliphatic carbocycles. The summed E-state index contributed by atoms with van der Waals surface area (Å²) in [6.45, 7) is 1.92. The first-order chi connectivity index (χ1) is 9.70. The van der Waals surface area contributed by atoms with Crippen molar-refractivity contribution in [3.8, 4) is 0 Å². The predicted molar refractivity (Wildman–Crippen MR) is 72.3 cm³/mol. The Morgan fingerprint density at radius 2 is 1.85 bits per heavy atom. The van der Waals surface area contributed by atoms with Crippen LogP contribution in [0.15, 0.2) is 36.4 Å². The van der Waals surface area contributed by atoms with Gasteiger partial charge in [0.25, 0.3) is 11.8 Å². The molecule has 106 valence electrons. The third-order valence-corrected chi connectivity index (χ3v) is 3.09. The standard InChI is InChI=1S/C15H16FNO3/c1-2-20-9-5-6-11(10-16)17-14(18)12-7-3-4-8-13(12)15(17)19/h3-8,11H,2,9-10H2,1H3. The van der Waals surface area contributed by atoms with Crippen LogP contribution >= 0.6 is 0 Å². The van der Waals surface area contributed by atoms with E-state index in [-0.39, 0.29) is 0 Å². The monoisotopic (exact) mass is 277 g/mol. The number of amides is 2. The van der Waals surface area contributed by atoms with Crippen LogP contribution in [-0.2, 0) is 4.74 Å². The maximum atomic E-state index is 13.2. The highest BCUT2D eigenvalue weighted by Gasteiger charge is 2.38. The summed E-state index contributed by atoms with van der Waals surface area (Å²) >= 11 is 0. The van der Waals surface area contributed by atoms with Gasteiger partial charge in [-0.2, -0.15) is 0 Å². The number of hydrogen-bond donors (Lipinski definition) is 0. The molecular weight excluding hydrogens is 261 g/mol. The second kappa shape index (κ2) is 6.43. The maximum Gasteiger partial charge on any atom is 0.262 e. The Balaban J connectivity index is 2.18. The normalized spacial score (nSPS) is 16.0. The number of halogens is 1. The molecule has 1 aromatic rings. The number of ether oxygens (including phenoxy) is 1. The molecule has 5 heteroatoms. The Morgan fingerprint density at radius 1 is 1.25 bits per heavy atom. The molecule has 0 aromatic heterocycles. The Hall–Kier alpha value is -2.01. The van der Waals surface area contributed by atoms with Crippen LogP contribution in [0.5, 0.6) is 0 Å². The lowest BCUT2D eigenvalue weighted by Crippen LogP contribution is -2.40. The van der Waals surface area contributed by atoms with Crippen LogP contribution in [0.4, 0.5) is 4.39 Å². The lowest BCUT2D eigenvalue weighted by Gasteiger charge is -2.20.